The van der Waals surface area contributed by atoms with Gasteiger partial charge < -0.3 is 15.3 Å². The summed E-state index contributed by atoms with van der Waals surface area (Å²) in [4.78, 5) is 1.79. The second-order valence-corrected chi connectivity index (χ2v) is 3.17. The fourth-order valence-electron chi connectivity index (χ4n) is 1.14. The second-order valence-electron chi connectivity index (χ2n) is 3.17. The van der Waals surface area contributed by atoms with E-state index in [1.54, 1.807) is 4.90 Å². The highest BCUT2D eigenvalue weighted by Crippen LogP contribution is 1.84. The van der Waals surface area contributed by atoms with Gasteiger partial charge in [0.05, 0.1) is 19.8 Å². The standard InChI is InChI=1S/C6H15NO3.C6H6/c8-4-1-7(2-5-9)3-6-10;1-2-4-6-5-3-1/h8-10H,1-6H2;1-6H. The molecule has 4 nitrogen and oxygen atoms in total. The Bertz CT molecular complexity index is 178. The first-order valence-corrected chi connectivity index (χ1v) is 5.40. The minimum absolute atomic E-state index is 0.0694. The average molecular weight is 227 g/mol. The van der Waals surface area contributed by atoms with Gasteiger partial charge in [0.1, 0.15) is 0 Å². The molecule has 1 rings (SSSR count). The number of nitrogens with zero attached hydrogens (tertiary/aromatic N) is 1. The van der Waals surface area contributed by atoms with Crippen molar-refractivity contribution in [2.24, 2.45) is 0 Å². The highest BCUT2D eigenvalue weighted by atomic mass is 16.3. The number of aliphatic hydroxyl groups excluding tert-OH is 3. The van der Waals surface area contributed by atoms with Gasteiger partial charge in [0.25, 0.3) is 0 Å². The van der Waals surface area contributed by atoms with Gasteiger partial charge in [-0.3, -0.25) is 4.90 Å². The van der Waals surface area contributed by atoms with Crippen molar-refractivity contribution in [3.05, 3.63) is 36.4 Å². The van der Waals surface area contributed by atoms with E-state index in [2.05, 4.69) is 0 Å². The molecule has 3 N–H and O–H groups in total. The molecule has 0 aliphatic rings. The van der Waals surface area contributed by atoms with Crippen molar-refractivity contribution in [2.75, 3.05) is 39.5 Å². The molecular weight excluding hydrogens is 206 g/mol. The molecule has 16 heavy (non-hydrogen) atoms. The maximum absolute atomic E-state index is 8.48. The highest BCUT2D eigenvalue weighted by molar-refractivity contribution is 4.99. The molecule has 0 saturated heterocycles. The largest absolute Gasteiger partial charge is 0.395 e. The molecule has 0 bridgehead atoms. The monoisotopic (exact) mass is 227 g/mol. The summed E-state index contributed by atoms with van der Waals surface area (Å²) in [7, 11) is 0. The lowest BCUT2D eigenvalue weighted by atomic mass is 10.4. The summed E-state index contributed by atoms with van der Waals surface area (Å²) in [6, 6.07) is 12.0. The summed E-state index contributed by atoms with van der Waals surface area (Å²) in [5, 5.41) is 25.5. The Balaban J connectivity index is 0.000000315. The lowest BCUT2D eigenvalue weighted by Crippen LogP contribution is -2.32. The Kier molecular flexibility index (Phi) is 11.4. The maximum atomic E-state index is 8.48. The van der Waals surface area contributed by atoms with Gasteiger partial charge in [-0.05, 0) is 0 Å². The molecule has 0 radical (unpaired) electrons. The lowest BCUT2D eigenvalue weighted by molar-refractivity contribution is 0.136. The summed E-state index contributed by atoms with van der Waals surface area (Å²) >= 11 is 0. The quantitative estimate of drug-likeness (QED) is 0.637. The van der Waals surface area contributed by atoms with E-state index in [1.165, 1.54) is 0 Å². The van der Waals surface area contributed by atoms with Crippen LogP contribution in [0.1, 0.15) is 0 Å². The fraction of sp³-hybridized carbons (Fsp3) is 0.500. The first kappa shape index (κ1) is 15.1. The van der Waals surface area contributed by atoms with E-state index in [0.29, 0.717) is 19.6 Å². The zero-order valence-electron chi connectivity index (χ0n) is 9.50. The molecule has 1 aromatic rings. The third-order valence-electron chi connectivity index (χ3n) is 1.92. The summed E-state index contributed by atoms with van der Waals surface area (Å²) in [5.74, 6) is 0. The smallest absolute Gasteiger partial charge is 0.0558 e. The van der Waals surface area contributed by atoms with Crippen molar-refractivity contribution in [1.82, 2.24) is 4.90 Å². The Hall–Kier alpha value is -0.940. The van der Waals surface area contributed by atoms with Crippen LogP contribution in [0.25, 0.3) is 0 Å². The second kappa shape index (κ2) is 12.1. The van der Waals surface area contributed by atoms with Crippen molar-refractivity contribution < 1.29 is 15.3 Å². The Morgan fingerprint density at radius 3 is 1.00 bits per heavy atom. The number of hydrogen-bond donors (Lipinski definition) is 3. The van der Waals surface area contributed by atoms with Gasteiger partial charge >= 0.3 is 0 Å². The minimum atomic E-state index is 0.0694. The van der Waals surface area contributed by atoms with Crippen LogP contribution in [-0.4, -0.2) is 59.7 Å². The third kappa shape index (κ3) is 9.61. The van der Waals surface area contributed by atoms with Crippen molar-refractivity contribution in [3.8, 4) is 0 Å². The zero-order chi connectivity index (χ0) is 12.1. The van der Waals surface area contributed by atoms with Crippen LogP contribution in [0.3, 0.4) is 0 Å². The maximum Gasteiger partial charge on any atom is 0.0558 e. The minimum Gasteiger partial charge on any atom is -0.395 e. The number of aliphatic hydroxyl groups is 3. The topological polar surface area (TPSA) is 63.9 Å². The van der Waals surface area contributed by atoms with Gasteiger partial charge in [-0.1, -0.05) is 36.4 Å². The van der Waals surface area contributed by atoms with E-state index < -0.39 is 0 Å². The summed E-state index contributed by atoms with van der Waals surface area (Å²) in [6.07, 6.45) is 0. The number of benzene rings is 1. The van der Waals surface area contributed by atoms with E-state index in [1.807, 2.05) is 36.4 Å². The summed E-state index contributed by atoms with van der Waals surface area (Å²) in [5.41, 5.74) is 0. The molecule has 0 aliphatic carbocycles. The molecule has 0 saturated carbocycles. The molecule has 0 aliphatic heterocycles. The van der Waals surface area contributed by atoms with E-state index in [0.717, 1.165) is 0 Å². The highest BCUT2D eigenvalue weighted by Gasteiger charge is 2.00. The van der Waals surface area contributed by atoms with Gasteiger partial charge in [0, 0.05) is 19.6 Å². The van der Waals surface area contributed by atoms with Crippen LogP contribution in [0, 0.1) is 0 Å². The van der Waals surface area contributed by atoms with Crippen LogP contribution in [0.2, 0.25) is 0 Å². The van der Waals surface area contributed by atoms with E-state index in [4.69, 9.17) is 15.3 Å². The van der Waals surface area contributed by atoms with Crippen molar-refractivity contribution >= 4 is 0 Å². The Labute approximate surface area is 96.8 Å². The molecule has 0 unspecified atom stereocenters. The molecule has 1 aromatic carbocycles. The van der Waals surface area contributed by atoms with Crippen molar-refractivity contribution in [2.45, 2.75) is 0 Å². The van der Waals surface area contributed by atoms with Crippen LogP contribution in [-0.2, 0) is 0 Å². The molecule has 0 amide bonds. The Morgan fingerprint density at radius 2 is 0.812 bits per heavy atom. The predicted octanol–water partition coefficient (Wildman–Crippen LogP) is -0.0481. The molecule has 92 valence electrons. The van der Waals surface area contributed by atoms with E-state index >= 15 is 0 Å². The van der Waals surface area contributed by atoms with Crippen molar-refractivity contribution in [1.29, 1.82) is 0 Å². The molecule has 0 heterocycles. The van der Waals surface area contributed by atoms with Gasteiger partial charge in [-0.2, -0.15) is 0 Å². The molecule has 0 spiro atoms. The van der Waals surface area contributed by atoms with Gasteiger partial charge in [0.2, 0.25) is 0 Å². The van der Waals surface area contributed by atoms with Gasteiger partial charge in [-0.25, -0.2) is 0 Å². The normalized spacial score (nSPS) is 9.75. The molecule has 0 aromatic heterocycles. The lowest BCUT2D eigenvalue weighted by Gasteiger charge is -2.17. The van der Waals surface area contributed by atoms with Gasteiger partial charge in [0.15, 0.2) is 0 Å². The number of hydrogen-bond acceptors (Lipinski definition) is 4. The van der Waals surface area contributed by atoms with Crippen molar-refractivity contribution in [3.63, 3.8) is 0 Å². The SMILES string of the molecule is OCCN(CCO)CCO.c1ccccc1. The molecular formula is C12H21NO3. The van der Waals surface area contributed by atoms with E-state index in [9.17, 15) is 0 Å². The van der Waals surface area contributed by atoms with Crippen LogP contribution >= 0.6 is 0 Å². The third-order valence-corrected chi connectivity index (χ3v) is 1.92. The number of rotatable bonds is 6. The Morgan fingerprint density at radius 1 is 0.562 bits per heavy atom. The van der Waals surface area contributed by atoms with E-state index in [-0.39, 0.29) is 19.8 Å². The molecule has 0 fully saturated rings. The van der Waals surface area contributed by atoms with Crippen LogP contribution in [0.5, 0.6) is 0 Å². The fourth-order valence-corrected chi connectivity index (χ4v) is 1.14. The molecule has 4 heteroatoms. The molecule has 0 atom stereocenters. The first-order chi connectivity index (χ1) is 7.85. The summed E-state index contributed by atoms with van der Waals surface area (Å²) < 4.78 is 0. The summed E-state index contributed by atoms with van der Waals surface area (Å²) in [6.45, 7) is 1.75. The zero-order valence-corrected chi connectivity index (χ0v) is 9.50. The predicted molar refractivity (Wildman–Crippen MR) is 64.1 cm³/mol. The average Bonchev–Trinajstić information content (AvgIpc) is 2.33. The van der Waals surface area contributed by atoms with Crippen LogP contribution in [0.4, 0.5) is 0 Å². The first-order valence-electron chi connectivity index (χ1n) is 5.40. The van der Waals surface area contributed by atoms with Gasteiger partial charge in [-0.15, -0.1) is 0 Å². The van der Waals surface area contributed by atoms with Crippen LogP contribution in [0.15, 0.2) is 36.4 Å². The van der Waals surface area contributed by atoms with Crippen LogP contribution < -0.4 is 0 Å².